The third kappa shape index (κ3) is 2.79. The Morgan fingerprint density at radius 2 is 1.84 bits per heavy atom. The largest absolute Gasteiger partial charge is 0.497 e. The van der Waals surface area contributed by atoms with Crippen LogP contribution in [-0.2, 0) is 6.42 Å². The molecular formula is C17H20O2. The van der Waals surface area contributed by atoms with Gasteiger partial charge >= 0.3 is 0 Å². The first-order valence-electron chi connectivity index (χ1n) is 6.57. The molecule has 0 heterocycles. The molecule has 2 aromatic carbocycles. The Balaban J connectivity index is 2.41. The van der Waals surface area contributed by atoms with Crippen molar-refractivity contribution < 1.29 is 9.84 Å². The zero-order valence-corrected chi connectivity index (χ0v) is 11.7. The molecule has 2 nitrogen and oxygen atoms in total. The van der Waals surface area contributed by atoms with Crippen molar-refractivity contribution >= 4 is 0 Å². The molecule has 2 aromatic rings. The van der Waals surface area contributed by atoms with Crippen molar-refractivity contribution in [1.29, 1.82) is 0 Å². The quantitative estimate of drug-likeness (QED) is 0.904. The van der Waals surface area contributed by atoms with Crippen molar-refractivity contribution in [1.82, 2.24) is 0 Å². The summed E-state index contributed by atoms with van der Waals surface area (Å²) < 4.78 is 5.20. The van der Waals surface area contributed by atoms with E-state index in [1.54, 1.807) is 7.11 Å². The summed E-state index contributed by atoms with van der Waals surface area (Å²) in [5.41, 5.74) is 4.14. The minimum atomic E-state index is -0.581. The second kappa shape index (κ2) is 5.89. The number of rotatable bonds is 4. The third-order valence-electron chi connectivity index (χ3n) is 3.50. The number of aliphatic hydroxyl groups excluding tert-OH is 1. The van der Waals surface area contributed by atoms with E-state index in [1.165, 1.54) is 5.56 Å². The topological polar surface area (TPSA) is 29.5 Å². The Hall–Kier alpha value is -1.80. The molecule has 0 fully saturated rings. The van der Waals surface area contributed by atoms with Gasteiger partial charge < -0.3 is 9.84 Å². The van der Waals surface area contributed by atoms with Gasteiger partial charge in [0.15, 0.2) is 0 Å². The predicted octanol–water partition coefficient (Wildman–Crippen LogP) is 3.65. The molecule has 1 unspecified atom stereocenters. The molecule has 1 N–H and O–H groups in total. The highest BCUT2D eigenvalue weighted by molar-refractivity contribution is 5.42. The van der Waals surface area contributed by atoms with Crippen LogP contribution >= 0.6 is 0 Å². The number of hydrogen-bond acceptors (Lipinski definition) is 2. The Labute approximate surface area is 114 Å². The molecule has 0 aromatic heterocycles. The summed E-state index contributed by atoms with van der Waals surface area (Å²) >= 11 is 0. The van der Waals surface area contributed by atoms with Gasteiger partial charge in [-0.1, -0.05) is 37.3 Å². The molecule has 2 heteroatoms. The van der Waals surface area contributed by atoms with Crippen molar-refractivity contribution in [2.45, 2.75) is 26.4 Å². The Kier molecular flexibility index (Phi) is 4.23. The first-order chi connectivity index (χ1) is 9.17. The number of benzene rings is 2. The van der Waals surface area contributed by atoms with E-state index in [2.05, 4.69) is 13.0 Å². The Morgan fingerprint density at radius 3 is 2.47 bits per heavy atom. The number of aliphatic hydroxyl groups is 1. The van der Waals surface area contributed by atoms with Crippen LogP contribution in [0.2, 0.25) is 0 Å². The van der Waals surface area contributed by atoms with Gasteiger partial charge in [0.05, 0.1) is 7.11 Å². The zero-order chi connectivity index (χ0) is 13.8. The standard InChI is InChI=1S/C17H20O2/c1-4-13-7-5-6-8-16(13)17(18)15-10-9-14(19-3)11-12(15)2/h5-11,17-18H,4H2,1-3H3. The lowest BCUT2D eigenvalue weighted by Gasteiger charge is -2.17. The normalized spacial score (nSPS) is 12.2. The molecule has 1 atom stereocenters. The molecule has 0 bridgehead atoms. The van der Waals surface area contributed by atoms with Gasteiger partial charge in [0, 0.05) is 0 Å². The number of hydrogen-bond donors (Lipinski definition) is 1. The van der Waals surface area contributed by atoms with Crippen LogP contribution < -0.4 is 4.74 Å². The van der Waals surface area contributed by atoms with E-state index < -0.39 is 6.10 Å². The summed E-state index contributed by atoms with van der Waals surface area (Å²) in [6.07, 6.45) is 0.338. The predicted molar refractivity (Wildman–Crippen MR) is 77.6 cm³/mol. The van der Waals surface area contributed by atoms with Gasteiger partial charge in [-0.2, -0.15) is 0 Å². The van der Waals surface area contributed by atoms with E-state index in [0.29, 0.717) is 0 Å². The summed E-state index contributed by atoms with van der Waals surface area (Å²) in [5, 5.41) is 10.6. The lowest BCUT2D eigenvalue weighted by Crippen LogP contribution is -2.05. The van der Waals surface area contributed by atoms with Crippen LogP contribution in [0.3, 0.4) is 0 Å². The van der Waals surface area contributed by atoms with E-state index in [0.717, 1.165) is 28.9 Å². The highest BCUT2D eigenvalue weighted by Crippen LogP contribution is 2.29. The maximum atomic E-state index is 10.6. The van der Waals surface area contributed by atoms with Gasteiger partial charge in [-0.05, 0) is 47.7 Å². The summed E-state index contributed by atoms with van der Waals surface area (Å²) in [7, 11) is 1.65. The van der Waals surface area contributed by atoms with E-state index in [-0.39, 0.29) is 0 Å². The van der Waals surface area contributed by atoms with Gasteiger partial charge in [0.25, 0.3) is 0 Å². The van der Waals surface area contributed by atoms with E-state index >= 15 is 0 Å². The van der Waals surface area contributed by atoms with Gasteiger partial charge in [0.2, 0.25) is 0 Å². The van der Waals surface area contributed by atoms with Crippen LogP contribution in [0.1, 0.15) is 35.3 Å². The lowest BCUT2D eigenvalue weighted by molar-refractivity contribution is 0.218. The third-order valence-corrected chi connectivity index (χ3v) is 3.50. The fourth-order valence-corrected chi connectivity index (χ4v) is 2.37. The van der Waals surface area contributed by atoms with Crippen LogP contribution in [0, 0.1) is 6.92 Å². The average molecular weight is 256 g/mol. The minimum absolute atomic E-state index is 0.581. The molecule has 0 amide bonds. The van der Waals surface area contributed by atoms with Crippen LogP contribution in [0.15, 0.2) is 42.5 Å². The summed E-state index contributed by atoms with van der Waals surface area (Å²) in [6, 6.07) is 13.8. The maximum Gasteiger partial charge on any atom is 0.119 e. The van der Waals surface area contributed by atoms with Gasteiger partial charge in [-0.25, -0.2) is 0 Å². The molecule has 19 heavy (non-hydrogen) atoms. The second-order valence-electron chi connectivity index (χ2n) is 4.68. The monoisotopic (exact) mass is 256 g/mol. The maximum absolute atomic E-state index is 10.6. The fourth-order valence-electron chi connectivity index (χ4n) is 2.37. The first kappa shape index (κ1) is 13.6. The van der Waals surface area contributed by atoms with E-state index in [9.17, 15) is 5.11 Å². The molecule has 0 aliphatic carbocycles. The van der Waals surface area contributed by atoms with Gasteiger partial charge in [-0.3, -0.25) is 0 Å². The zero-order valence-electron chi connectivity index (χ0n) is 11.7. The van der Waals surface area contributed by atoms with Crippen molar-refractivity contribution in [2.24, 2.45) is 0 Å². The highest BCUT2D eigenvalue weighted by atomic mass is 16.5. The highest BCUT2D eigenvalue weighted by Gasteiger charge is 2.15. The summed E-state index contributed by atoms with van der Waals surface area (Å²) in [6.45, 7) is 4.10. The van der Waals surface area contributed by atoms with Crippen LogP contribution in [0.4, 0.5) is 0 Å². The van der Waals surface area contributed by atoms with Gasteiger partial charge in [0.1, 0.15) is 11.9 Å². The first-order valence-corrected chi connectivity index (χ1v) is 6.57. The second-order valence-corrected chi connectivity index (χ2v) is 4.68. The van der Waals surface area contributed by atoms with Crippen LogP contribution in [-0.4, -0.2) is 12.2 Å². The minimum Gasteiger partial charge on any atom is -0.497 e. The van der Waals surface area contributed by atoms with Crippen molar-refractivity contribution in [3.8, 4) is 5.75 Å². The van der Waals surface area contributed by atoms with E-state index in [1.807, 2.05) is 43.3 Å². The number of methoxy groups -OCH3 is 1. The Morgan fingerprint density at radius 1 is 1.11 bits per heavy atom. The molecule has 0 saturated carbocycles. The lowest BCUT2D eigenvalue weighted by atomic mass is 9.93. The smallest absolute Gasteiger partial charge is 0.119 e. The van der Waals surface area contributed by atoms with Crippen LogP contribution in [0.25, 0.3) is 0 Å². The fraction of sp³-hybridized carbons (Fsp3) is 0.294. The average Bonchev–Trinajstić information content (AvgIpc) is 2.46. The molecule has 0 radical (unpaired) electrons. The summed E-state index contributed by atoms with van der Waals surface area (Å²) in [4.78, 5) is 0. The molecule has 0 aliphatic heterocycles. The summed E-state index contributed by atoms with van der Waals surface area (Å²) in [5.74, 6) is 0.817. The molecule has 100 valence electrons. The van der Waals surface area contributed by atoms with Crippen molar-refractivity contribution in [3.05, 3.63) is 64.7 Å². The van der Waals surface area contributed by atoms with Gasteiger partial charge in [-0.15, -0.1) is 0 Å². The van der Waals surface area contributed by atoms with Crippen LogP contribution in [0.5, 0.6) is 5.75 Å². The SMILES string of the molecule is CCc1ccccc1C(O)c1ccc(OC)cc1C. The molecule has 0 spiro atoms. The Bertz CT molecular complexity index is 561. The molecule has 0 aliphatic rings. The number of ether oxygens (including phenoxy) is 1. The molecular weight excluding hydrogens is 236 g/mol. The molecule has 0 saturated heterocycles. The van der Waals surface area contributed by atoms with E-state index in [4.69, 9.17) is 4.74 Å². The molecule has 2 rings (SSSR count). The van der Waals surface area contributed by atoms with Crippen molar-refractivity contribution in [3.63, 3.8) is 0 Å². The number of aryl methyl sites for hydroxylation is 2. The van der Waals surface area contributed by atoms with Crippen molar-refractivity contribution in [2.75, 3.05) is 7.11 Å².